The average molecular weight is 332 g/mol. The highest BCUT2D eigenvalue weighted by atomic mass is 79.9. The van der Waals surface area contributed by atoms with Gasteiger partial charge in [0, 0.05) is 36.1 Å². The zero-order valence-corrected chi connectivity index (χ0v) is 13.6. The van der Waals surface area contributed by atoms with Gasteiger partial charge >= 0.3 is 0 Å². The topological polar surface area (TPSA) is 28.2 Å². The minimum Gasteiger partial charge on any atom is -0.315 e. The maximum atomic E-state index is 4.33. The SMILES string of the molecule is CCN(CC)CCNCCSc1ccc(Br)cn1. The third-order valence-corrected chi connectivity index (χ3v) is 4.14. The average Bonchev–Trinajstić information content (AvgIpc) is 2.40. The smallest absolute Gasteiger partial charge is 0.0961 e. The zero-order valence-electron chi connectivity index (χ0n) is 11.2. The van der Waals surface area contributed by atoms with Crippen LogP contribution in [0.2, 0.25) is 0 Å². The molecule has 0 aromatic carbocycles. The predicted molar refractivity (Wildman–Crippen MR) is 83.3 cm³/mol. The number of nitrogens with one attached hydrogen (secondary N) is 1. The highest BCUT2D eigenvalue weighted by Gasteiger charge is 1.98. The van der Waals surface area contributed by atoms with Gasteiger partial charge in [0.2, 0.25) is 0 Å². The number of pyridine rings is 1. The number of thioether (sulfide) groups is 1. The second-order valence-corrected chi connectivity index (χ2v) is 5.97. The molecule has 1 aromatic rings. The van der Waals surface area contributed by atoms with Crippen LogP contribution in [-0.4, -0.2) is 48.4 Å². The number of nitrogens with zero attached hydrogens (tertiary/aromatic N) is 2. The first-order valence-corrected chi connectivity index (χ1v) is 8.21. The molecule has 0 aliphatic heterocycles. The summed E-state index contributed by atoms with van der Waals surface area (Å²) in [5.74, 6) is 1.06. The summed E-state index contributed by atoms with van der Waals surface area (Å²) in [5.41, 5.74) is 0. The third-order valence-electron chi connectivity index (χ3n) is 2.73. The van der Waals surface area contributed by atoms with Gasteiger partial charge in [0.15, 0.2) is 0 Å². The van der Waals surface area contributed by atoms with E-state index in [2.05, 4.69) is 45.0 Å². The monoisotopic (exact) mass is 331 g/mol. The molecule has 0 fully saturated rings. The zero-order chi connectivity index (χ0) is 13.2. The minimum atomic E-state index is 1.03. The Morgan fingerprint density at radius 2 is 2.06 bits per heavy atom. The first-order valence-electron chi connectivity index (χ1n) is 6.43. The summed E-state index contributed by atoms with van der Waals surface area (Å²) in [6.07, 6.45) is 1.84. The molecule has 0 saturated carbocycles. The standard InChI is InChI=1S/C13H22BrN3S/c1-3-17(4-2)9-7-15-8-10-18-13-6-5-12(14)11-16-13/h5-6,11,15H,3-4,7-10H2,1-2H3. The predicted octanol–water partition coefficient (Wildman–Crippen LogP) is 2.87. The lowest BCUT2D eigenvalue weighted by Gasteiger charge is -2.17. The van der Waals surface area contributed by atoms with Gasteiger partial charge in [0.05, 0.1) is 5.03 Å². The molecule has 3 nitrogen and oxygen atoms in total. The van der Waals surface area contributed by atoms with Gasteiger partial charge in [-0.3, -0.25) is 0 Å². The van der Waals surface area contributed by atoms with Crippen molar-refractivity contribution >= 4 is 27.7 Å². The molecule has 0 spiro atoms. The molecule has 1 rings (SSSR count). The third kappa shape index (κ3) is 6.73. The van der Waals surface area contributed by atoms with Crippen molar-refractivity contribution in [3.8, 4) is 0 Å². The first-order chi connectivity index (χ1) is 8.76. The van der Waals surface area contributed by atoms with Crippen LogP contribution < -0.4 is 5.32 Å². The van der Waals surface area contributed by atoms with Crippen LogP contribution in [0, 0.1) is 0 Å². The quantitative estimate of drug-likeness (QED) is 0.556. The summed E-state index contributed by atoms with van der Waals surface area (Å²) in [6.45, 7) is 9.91. The van der Waals surface area contributed by atoms with E-state index in [1.54, 1.807) is 11.8 Å². The van der Waals surface area contributed by atoms with Crippen LogP contribution in [0.5, 0.6) is 0 Å². The number of hydrogen-bond donors (Lipinski definition) is 1. The maximum Gasteiger partial charge on any atom is 0.0961 e. The number of hydrogen-bond acceptors (Lipinski definition) is 4. The Morgan fingerprint density at radius 1 is 1.28 bits per heavy atom. The van der Waals surface area contributed by atoms with Crippen molar-refractivity contribution in [1.82, 2.24) is 15.2 Å². The first kappa shape index (κ1) is 16.0. The van der Waals surface area contributed by atoms with Crippen LogP contribution in [0.1, 0.15) is 13.8 Å². The summed E-state index contributed by atoms with van der Waals surface area (Å²) in [6, 6.07) is 4.08. The molecule has 1 N–H and O–H groups in total. The van der Waals surface area contributed by atoms with Gasteiger partial charge in [-0.05, 0) is 41.2 Å². The van der Waals surface area contributed by atoms with E-state index >= 15 is 0 Å². The summed E-state index contributed by atoms with van der Waals surface area (Å²) >= 11 is 5.18. The number of halogens is 1. The van der Waals surface area contributed by atoms with E-state index in [1.165, 1.54) is 0 Å². The van der Waals surface area contributed by atoms with Gasteiger partial charge < -0.3 is 10.2 Å². The lowest BCUT2D eigenvalue weighted by atomic mass is 10.4. The van der Waals surface area contributed by atoms with Crippen molar-refractivity contribution < 1.29 is 0 Å². The Balaban J connectivity index is 2.03. The molecule has 0 amide bonds. The lowest BCUT2D eigenvalue weighted by Crippen LogP contribution is -2.32. The molecule has 1 heterocycles. The second-order valence-electron chi connectivity index (χ2n) is 3.94. The van der Waals surface area contributed by atoms with Crippen molar-refractivity contribution in [3.05, 3.63) is 22.8 Å². The Labute approximate surface area is 123 Å². The number of aromatic nitrogens is 1. The Hall–Kier alpha value is -0.100. The van der Waals surface area contributed by atoms with E-state index in [9.17, 15) is 0 Å². The second kappa shape index (κ2) is 9.78. The van der Waals surface area contributed by atoms with E-state index in [-0.39, 0.29) is 0 Å². The van der Waals surface area contributed by atoms with Gasteiger partial charge in [0.1, 0.15) is 0 Å². The molecule has 5 heteroatoms. The van der Waals surface area contributed by atoms with Crippen LogP contribution in [-0.2, 0) is 0 Å². The fraction of sp³-hybridized carbons (Fsp3) is 0.615. The van der Waals surface area contributed by atoms with E-state index in [0.29, 0.717) is 0 Å². The molecule has 1 aromatic heterocycles. The molecule has 0 atom stereocenters. The molecule has 0 unspecified atom stereocenters. The molecular weight excluding hydrogens is 310 g/mol. The molecule has 0 aliphatic carbocycles. The van der Waals surface area contributed by atoms with Crippen LogP contribution in [0.15, 0.2) is 27.8 Å². The van der Waals surface area contributed by atoms with E-state index in [4.69, 9.17) is 0 Å². The molecular formula is C13H22BrN3S. The Bertz CT molecular complexity index is 315. The van der Waals surface area contributed by atoms with Gasteiger partial charge in [0.25, 0.3) is 0 Å². The van der Waals surface area contributed by atoms with Gasteiger partial charge in [-0.25, -0.2) is 4.98 Å². The van der Waals surface area contributed by atoms with E-state index in [0.717, 1.165) is 48.0 Å². The number of rotatable bonds is 9. The fourth-order valence-corrected chi connectivity index (χ4v) is 2.56. The maximum absolute atomic E-state index is 4.33. The minimum absolute atomic E-state index is 1.03. The summed E-state index contributed by atoms with van der Waals surface area (Å²) in [4.78, 5) is 6.76. The Kier molecular flexibility index (Phi) is 8.67. The van der Waals surface area contributed by atoms with Gasteiger partial charge in [-0.15, -0.1) is 11.8 Å². The van der Waals surface area contributed by atoms with Crippen LogP contribution in [0.4, 0.5) is 0 Å². The van der Waals surface area contributed by atoms with Crippen LogP contribution in [0.3, 0.4) is 0 Å². The van der Waals surface area contributed by atoms with Gasteiger partial charge in [-0.1, -0.05) is 13.8 Å². The van der Waals surface area contributed by atoms with Crippen LogP contribution in [0.25, 0.3) is 0 Å². The van der Waals surface area contributed by atoms with Crippen molar-refractivity contribution in [2.75, 3.05) is 38.5 Å². The van der Waals surface area contributed by atoms with Crippen molar-refractivity contribution in [2.45, 2.75) is 18.9 Å². The number of likely N-dealkylation sites (N-methyl/N-ethyl adjacent to an activating group) is 1. The molecule has 18 heavy (non-hydrogen) atoms. The molecule has 0 bridgehead atoms. The van der Waals surface area contributed by atoms with Crippen molar-refractivity contribution in [1.29, 1.82) is 0 Å². The lowest BCUT2D eigenvalue weighted by molar-refractivity contribution is 0.303. The van der Waals surface area contributed by atoms with Crippen molar-refractivity contribution in [2.24, 2.45) is 0 Å². The molecule has 102 valence electrons. The molecule has 0 saturated heterocycles. The van der Waals surface area contributed by atoms with Crippen molar-refractivity contribution in [3.63, 3.8) is 0 Å². The fourth-order valence-electron chi connectivity index (χ4n) is 1.58. The normalized spacial score (nSPS) is 11.1. The molecule has 0 aliphatic rings. The largest absolute Gasteiger partial charge is 0.315 e. The summed E-state index contributed by atoms with van der Waals surface area (Å²) in [5, 5.41) is 4.55. The Morgan fingerprint density at radius 3 is 2.67 bits per heavy atom. The van der Waals surface area contributed by atoms with Gasteiger partial charge in [-0.2, -0.15) is 0 Å². The summed E-state index contributed by atoms with van der Waals surface area (Å²) in [7, 11) is 0. The highest BCUT2D eigenvalue weighted by molar-refractivity contribution is 9.10. The summed E-state index contributed by atoms with van der Waals surface area (Å²) < 4.78 is 1.03. The van der Waals surface area contributed by atoms with Crippen LogP contribution >= 0.6 is 27.7 Å². The van der Waals surface area contributed by atoms with E-state index in [1.807, 2.05) is 18.3 Å². The van der Waals surface area contributed by atoms with E-state index < -0.39 is 0 Å². The molecule has 0 radical (unpaired) electrons. The highest BCUT2D eigenvalue weighted by Crippen LogP contribution is 2.16.